The Morgan fingerprint density at radius 2 is 2.07 bits per heavy atom. The smallest absolute Gasteiger partial charge is 0.229 e. The summed E-state index contributed by atoms with van der Waals surface area (Å²) in [5.41, 5.74) is 4.08. The number of hydrogen-bond acceptors (Lipinski definition) is 5. The number of carbonyl (C=O) groups excluding carboxylic acids is 1. The minimum absolute atomic E-state index is 0.0966. The van der Waals surface area contributed by atoms with E-state index in [1.165, 1.54) is 16.9 Å². The lowest BCUT2D eigenvalue weighted by Gasteiger charge is -2.25. The van der Waals surface area contributed by atoms with Crippen LogP contribution in [0.4, 0.5) is 5.13 Å². The van der Waals surface area contributed by atoms with Gasteiger partial charge in [-0.1, -0.05) is 36.4 Å². The molecule has 0 bridgehead atoms. The van der Waals surface area contributed by atoms with Gasteiger partial charge in [-0.2, -0.15) is 0 Å². The highest BCUT2D eigenvalue weighted by atomic mass is 32.1. The molecular formula is C22H22N2O3S. The van der Waals surface area contributed by atoms with E-state index in [0.717, 1.165) is 29.0 Å². The lowest BCUT2D eigenvalue weighted by Crippen LogP contribution is -2.22. The summed E-state index contributed by atoms with van der Waals surface area (Å²) in [4.78, 5) is 17.1. The molecule has 0 fully saturated rings. The lowest BCUT2D eigenvalue weighted by atomic mass is 9.96. The maximum atomic E-state index is 12.6. The summed E-state index contributed by atoms with van der Waals surface area (Å²) in [6.45, 7) is 3.19. The summed E-state index contributed by atoms with van der Waals surface area (Å²) in [5.74, 6) is 0.695. The normalized spacial score (nSPS) is 15.7. The summed E-state index contributed by atoms with van der Waals surface area (Å²) in [6, 6.07) is 15.9. The third kappa shape index (κ3) is 4.08. The molecule has 4 rings (SSSR count). The Hall–Kier alpha value is -2.70. The highest BCUT2D eigenvalue weighted by Gasteiger charge is 2.23. The number of anilines is 1. The molecule has 5 nitrogen and oxygen atoms in total. The monoisotopic (exact) mass is 394 g/mol. The second kappa shape index (κ2) is 8.54. The number of fused-ring (bicyclic) bond motifs is 1. The van der Waals surface area contributed by atoms with Gasteiger partial charge in [0.2, 0.25) is 5.91 Å². The Kier molecular flexibility index (Phi) is 5.69. The van der Waals surface area contributed by atoms with E-state index in [2.05, 4.69) is 16.4 Å². The zero-order valence-electron chi connectivity index (χ0n) is 15.7. The number of nitrogens with one attached hydrogen (secondary N) is 1. The van der Waals surface area contributed by atoms with Crippen LogP contribution in [-0.4, -0.2) is 24.1 Å². The fraction of sp³-hybridized carbons (Fsp3) is 0.273. The zero-order valence-corrected chi connectivity index (χ0v) is 16.5. The van der Waals surface area contributed by atoms with Crippen molar-refractivity contribution in [2.24, 2.45) is 0 Å². The Bertz CT molecular complexity index is 970. The number of ether oxygens (including phenoxy) is 2. The topological polar surface area (TPSA) is 60.5 Å². The third-order valence-corrected chi connectivity index (χ3v) is 5.43. The first-order valence-electron chi connectivity index (χ1n) is 9.41. The third-order valence-electron chi connectivity index (χ3n) is 4.68. The van der Waals surface area contributed by atoms with Crippen molar-refractivity contribution in [1.29, 1.82) is 0 Å². The van der Waals surface area contributed by atoms with E-state index < -0.39 is 0 Å². The van der Waals surface area contributed by atoms with E-state index in [0.29, 0.717) is 18.3 Å². The second-order valence-electron chi connectivity index (χ2n) is 6.53. The van der Waals surface area contributed by atoms with Gasteiger partial charge < -0.3 is 14.8 Å². The van der Waals surface area contributed by atoms with Crippen LogP contribution in [0.3, 0.4) is 0 Å². The van der Waals surface area contributed by atoms with E-state index in [-0.39, 0.29) is 18.4 Å². The first kappa shape index (κ1) is 18.7. The van der Waals surface area contributed by atoms with Gasteiger partial charge in [-0.3, -0.25) is 4.79 Å². The van der Waals surface area contributed by atoms with Gasteiger partial charge in [0, 0.05) is 10.9 Å². The molecule has 144 valence electrons. The van der Waals surface area contributed by atoms with Crippen molar-refractivity contribution in [3.8, 4) is 17.0 Å². The van der Waals surface area contributed by atoms with Crippen molar-refractivity contribution in [3.63, 3.8) is 0 Å². The van der Waals surface area contributed by atoms with Gasteiger partial charge in [-0.25, -0.2) is 4.98 Å². The first-order chi connectivity index (χ1) is 13.7. The van der Waals surface area contributed by atoms with Gasteiger partial charge in [0.15, 0.2) is 5.13 Å². The molecule has 28 heavy (non-hydrogen) atoms. The molecule has 1 unspecified atom stereocenters. The average Bonchev–Trinajstić information content (AvgIpc) is 3.17. The SMILES string of the molecule is CCOc1ccccc1-c1csc(NC(=O)CC2OCCc3ccccc32)n1. The van der Waals surface area contributed by atoms with Crippen molar-refractivity contribution < 1.29 is 14.3 Å². The molecular weight excluding hydrogens is 372 g/mol. The number of para-hydroxylation sites is 1. The van der Waals surface area contributed by atoms with E-state index in [1.807, 2.05) is 54.8 Å². The molecule has 2 aromatic carbocycles. The van der Waals surface area contributed by atoms with Crippen LogP contribution in [0.25, 0.3) is 11.3 Å². The Labute approximate surface area is 168 Å². The number of amides is 1. The Morgan fingerprint density at radius 3 is 2.96 bits per heavy atom. The van der Waals surface area contributed by atoms with Crippen molar-refractivity contribution in [3.05, 3.63) is 65.0 Å². The van der Waals surface area contributed by atoms with Crippen LogP contribution >= 0.6 is 11.3 Å². The van der Waals surface area contributed by atoms with Crippen LogP contribution in [0.15, 0.2) is 53.9 Å². The van der Waals surface area contributed by atoms with Crippen LogP contribution in [0, 0.1) is 0 Å². The minimum atomic E-state index is -0.205. The van der Waals surface area contributed by atoms with E-state index >= 15 is 0 Å². The number of carbonyl (C=O) groups is 1. The van der Waals surface area contributed by atoms with Crippen molar-refractivity contribution in [2.45, 2.75) is 25.9 Å². The maximum absolute atomic E-state index is 12.6. The van der Waals surface area contributed by atoms with Gasteiger partial charge in [0.05, 0.1) is 31.4 Å². The van der Waals surface area contributed by atoms with E-state index in [1.54, 1.807) is 0 Å². The molecule has 0 saturated heterocycles. The molecule has 6 heteroatoms. The number of nitrogens with zero attached hydrogens (tertiary/aromatic N) is 1. The molecule has 1 aliphatic rings. The molecule has 0 aliphatic carbocycles. The largest absolute Gasteiger partial charge is 0.493 e. The van der Waals surface area contributed by atoms with Gasteiger partial charge >= 0.3 is 0 Å². The summed E-state index contributed by atoms with van der Waals surface area (Å²) in [5, 5.41) is 5.42. The molecule has 1 N–H and O–H groups in total. The highest BCUT2D eigenvalue weighted by Crippen LogP contribution is 2.33. The quantitative estimate of drug-likeness (QED) is 0.649. The molecule has 0 spiro atoms. The fourth-order valence-corrected chi connectivity index (χ4v) is 4.13. The molecule has 0 radical (unpaired) electrons. The number of thiazole rings is 1. The van der Waals surface area contributed by atoms with Crippen LogP contribution in [0.2, 0.25) is 0 Å². The lowest BCUT2D eigenvalue weighted by molar-refractivity contribution is -0.119. The molecule has 3 aromatic rings. The predicted octanol–water partition coefficient (Wildman–Crippen LogP) is 4.85. The maximum Gasteiger partial charge on any atom is 0.229 e. The van der Waals surface area contributed by atoms with Gasteiger partial charge in [0.1, 0.15) is 5.75 Å². The second-order valence-corrected chi connectivity index (χ2v) is 7.39. The van der Waals surface area contributed by atoms with E-state index in [9.17, 15) is 4.79 Å². The number of aromatic nitrogens is 1. The van der Waals surface area contributed by atoms with Crippen molar-refractivity contribution in [1.82, 2.24) is 4.98 Å². The van der Waals surface area contributed by atoms with Gasteiger partial charge in [-0.05, 0) is 36.6 Å². The number of benzene rings is 2. The summed E-state index contributed by atoms with van der Waals surface area (Å²) in [7, 11) is 0. The van der Waals surface area contributed by atoms with Crippen LogP contribution in [-0.2, 0) is 16.0 Å². The number of rotatable bonds is 6. The average molecular weight is 394 g/mol. The van der Waals surface area contributed by atoms with E-state index in [4.69, 9.17) is 9.47 Å². The molecule has 0 saturated carbocycles. The summed E-state index contributed by atoms with van der Waals surface area (Å²) >= 11 is 1.41. The Morgan fingerprint density at radius 1 is 1.25 bits per heavy atom. The summed E-state index contributed by atoms with van der Waals surface area (Å²) < 4.78 is 11.5. The standard InChI is InChI=1S/C22H22N2O3S/c1-2-26-19-10-6-5-9-17(19)18-14-28-22(23-18)24-21(25)13-20-16-8-4-3-7-15(16)11-12-27-20/h3-10,14,20H,2,11-13H2,1H3,(H,23,24,25). The highest BCUT2D eigenvalue weighted by molar-refractivity contribution is 7.14. The minimum Gasteiger partial charge on any atom is -0.493 e. The first-order valence-corrected chi connectivity index (χ1v) is 10.3. The van der Waals surface area contributed by atoms with Gasteiger partial charge in [0.25, 0.3) is 0 Å². The predicted molar refractivity (Wildman–Crippen MR) is 111 cm³/mol. The van der Waals surface area contributed by atoms with Crippen LogP contribution in [0.5, 0.6) is 5.75 Å². The van der Waals surface area contributed by atoms with Crippen LogP contribution in [0.1, 0.15) is 30.6 Å². The molecule has 2 heterocycles. The Balaban J connectivity index is 1.44. The van der Waals surface area contributed by atoms with Gasteiger partial charge in [-0.15, -0.1) is 11.3 Å². The van der Waals surface area contributed by atoms with Crippen molar-refractivity contribution >= 4 is 22.4 Å². The zero-order chi connectivity index (χ0) is 19.3. The fourth-order valence-electron chi connectivity index (χ4n) is 3.40. The van der Waals surface area contributed by atoms with Crippen molar-refractivity contribution in [2.75, 3.05) is 18.5 Å². The molecule has 1 aliphatic heterocycles. The van der Waals surface area contributed by atoms with Crippen LogP contribution < -0.4 is 10.1 Å². The molecule has 1 amide bonds. The molecule has 1 aromatic heterocycles. The summed E-state index contributed by atoms with van der Waals surface area (Å²) in [6.07, 6.45) is 0.966. The molecule has 1 atom stereocenters. The number of hydrogen-bond donors (Lipinski definition) is 1.